The van der Waals surface area contributed by atoms with Crippen molar-refractivity contribution in [2.75, 3.05) is 6.61 Å². The average molecular weight is 303 g/mol. The van der Waals surface area contributed by atoms with Gasteiger partial charge in [-0.05, 0) is 36.1 Å². The van der Waals surface area contributed by atoms with Crippen LogP contribution in [0.15, 0.2) is 41.8 Å². The van der Waals surface area contributed by atoms with E-state index in [4.69, 9.17) is 4.74 Å². The van der Waals surface area contributed by atoms with E-state index >= 15 is 0 Å². The van der Waals surface area contributed by atoms with Crippen LogP contribution < -0.4 is 5.32 Å². The summed E-state index contributed by atoms with van der Waals surface area (Å²) in [7, 11) is 0. The molecule has 2 rings (SSSR count). The first-order chi connectivity index (χ1) is 10.1. The van der Waals surface area contributed by atoms with Gasteiger partial charge in [0.05, 0.1) is 0 Å². The summed E-state index contributed by atoms with van der Waals surface area (Å²) in [6, 6.07) is 10.1. The maximum atomic E-state index is 11.7. The lowest BCUT2D eigenvalue weighted by Gasteiger charge is -2.05. The summed E-state index contributed by atoms with van der Waals surface area (Å²) in [6.07, 6.45) is 0. The number of esters is 1. The molecule has 2 amide bonds. The van der Waals surface area contributed by atoms with Gasteiger partial charge >= 0.3 is 5.97 Å². The highest BCUT2D eigenvalue weighted by Gasteiger charge is 2.15. The van der Waals surface area contributed by atoms with Crippen LogP contribution >= 0.6 is 11.3 Å². The summed E-state index contributed by atoms with van der Waals surface area (Å²) < 4.78 is 4.87. The van der Waals surface area contributed by atoms with Crippen molar-refractivity contribution in [3.63, 3.8) is 0 Å². The van der Waals surface area contributed by atoms with Crippen molar-refractivity contribution in [2.24, 2.45) is 0 Å². The number of amides is 2. The Kier molecular flexibility index (Phi) is 4.84. The molecule has 0 spiro atoms. The van der Waals surface area contributed by atoms with Gasteiger partial charge in [0.15, 0.2) is 6.61 Å². The molecule has 0 aliphatic heterocycles. The van der Waals surface area contributed by atoms with Gasteiger partial charge < -0.3 is 4.74 Å². The molecule has 0 atom stereocenters. The van der Waals surface area contributed by atoms with Crippen LogP contribution in [-0.2, 0) is 9.53 Å². The predicted molar refractivity (Wildman–Crippen MR) is 78.3 cm³/mol. The molecule has 0 bridgehead atoms. The standard InChI is InChI=1S/C15H13NO4S/c1-10-7-8-21-13(10)15(19)20-9-12(17)16-14(18)11-5-3-2-4-6-11/h2-8H,9H2,1H3,(H,16,17,18). The largest absolute Gasteiger partial charge is 0.451 e. The summed E-state index contributed by atoms with van der Waals surface area (Å²) in [5, 5.41) is 3.93. The van der Waals surface area contributed by atoms with Gasteiger partial charge in [0.25, 0.3) is 11.8 Å². The van der Waals surface area contributed by atoms with Crippen LogP contribution in [-0.4, -0.2) is 24.4 Å². The van der Waals surface area contributed by atoms with Gasteiger partial charge in [0.2, 0.25) is 0 Å². The average Bonchev–Trinajstić information content (AvgIpc) is 2.92. The Bertz CT molecular complexity index is 663. The molecule has 1 aromatic carbocycles. The summed E-state index contributed by atoms with van der Waals surface area (Å²) in [4.78, 5) is 35.5. The number of carbonyl (C=O) groups is 3. The molecule has 0 fully saturated rings. The van der Waals surface area contributed by atoms with E-state index in [1.54, 1.807) is 48.7 Å². The summed E-state index contributed by atoms with van der Waals surface area (Å²) in [5.41, 5.74) is 1.16. The van der Waals surface area contributed by atoms with Gasteiger partial charge in [-0.25, -0.2) is 4.79 Å². The van der Waals surface area contributed by atoms with Crippen molar-refractivity contribution in [3.8, 4) is 0 Å². The Morgan fingerprint density at radius 2 is 1.86 bits per heavy atom. The summed E-state index contributed by atoms with van der Waals surface area (Å²) in [6.45, 7) is 1.29. The van der Waals surface area contributed by atoms with Gasteiger partial charge in [0.1, 0.15) is 4.88 Å². The van der Waals surface area contributed by atoms with Crippen LogP contribution in [0.5, 0.6) is 0 Å². The lowest BCUT2D eigenvalue weighted by atomic mass is 10.2. The first kappa shape index (κ1) is 14.9. The molecule has 1 heterocycles. The van der Waals surface area contributed by atoms with Crippen LogP contribution in [0.3, 0.4) is 0 Å². The zero-order chi connectivity index (χ0) is 15.2. The van der Waals surface area contributed by atoms with Crippen LogP contribution in [0, 0.1) is 6.92 Å². The minimum absolute atomic E-state index is 0.367. The maximum absolute atomic E-state index is 11.7. The lowest BCUT2D eigenvalue weighted by Crippen LogP contribution is -2.34. The van der Waals surface area contributed by atoms with Crippen LogP contribution in [0.4, 0.5) is 0 Å². The molecule has 0 radical (unpaired) electrons. The van der Waals surface area contributed by atoms with E-state index in [1.807, 2.05) is 0 Å². The normalized spacial score (nSPS) is 9.95. The summed E-state index contributed by atoms with van der Waals surface area (Å²) in [5.74, 6) is -1.75. The van der Waals surface area contributed by atoms with Gasteiger partial charge in [-0.3, -0.25) is 14.9 Å². The van der Waals surface area contributed by atoms with Crippen molar-refractivity contribution >= 4 is 29.1 Å². The first-order valence-electron chi connectivity index (χ1n) is 6.18. The van der Waals surface area contributed by atoms with Gasteiger partial charge in [-0.2, -0.15) is 0 Å². The van der Waals surface area contributed by atoms with Gasteiger partial charge in [-0.1, -0.05) is 18.2 Å². The Labute approximate surface area is 125 Å². The van der Waals surface area contributed by atoms with Crippen LogP contribution in [0.25, 0.3) is 0 Å². The summed E-state index contributed by atoms with van der Waals surface area (Å²) >= 11 is 1.25. The molecule has 5 nitrogen and oxygen atoms in total. The second-order valence-corrected chi connectivity index (χ2v) is 5.17. The molecule has 0 saturated heterocycles. The zero-order valence-electron chi connectivity index (χ0n) is 11.3. The third-order valence-corrected chi connectivity index (χ3v) is 3.67. The fourth-order valence-corrected chi connectivity index (χ4v) is 2.42. The third kappa shape index (κ3) is 4.00. The monoisotopic (exact) mass is 303 g/mol. The molecule has 1 aromatic heterocycles. The Morgan fingerprint density at radius 1 is 1.14 bits per heavy atom. The number of hydrogen-bond acceptors (Lipinski definition) is 5. The number of hydrogen-bond donors (Lipinski definition) is 1. The van der Waals surface area contributed by atoms with Crippen LogP contribution in [0.2, 0.25) is 0 Å². The quantitative estimate of drug-likeness (QED) is 0.879. The molecule has 6 heteroatoms. The third-order valence-electron chi connectivity index (χ3n) is 2.67. The second-order valence-electron chi connectivity index (χ2n) is 4.25. The number of imide groups is 1. The zero-order valence-corrected chi connectivity index (χ0v) is 12.1. The van der Waals surface area contributed by atoms with Crippen LogP contribution in [0.1, 0.15) is 25.6 Å². The number of benzene rings is 1. The molecule has 108 valence electrons. The number of rotatable bonds is 4. The van der Waals surface area contributed by atoms with Crippen molar-refractivity contribution in [1.82, 2.24) is 5.32 Å². The minimum atomic E-state index is -0.661. The highest BCUT2D eigenvalue weighted by Crippen LogP contribution is 2.16. The number of nitrogens with one attached hydrogen (secondary N) is 1. The van der Waals surface area contributed by atoms with Crippen molar-refractivity contribution < 1.29 is 19.1 Å². The van der Waals surface area contributed by atoms with E-state index < -0.39 is 24.4 Å². The SMILES string of the molecule is Cc1ccsc1C(=O)OCC(=O)NC(=O)c1ccccc1. The number of aryl methyl sites for hydroxylation is 1. The fourth-order valence-electron chi connectivity index (χ4n) is 1.60. The topological polar surface area (TPSA) is 72.5 Å². The molecule has 21 heavy (non-hydrogen) atoms. The number of ether oxygens (including phenoxy) is 1. The molecular formula is C15H13NO4S. The highest BCUT2D eigenvalue weighted by atomic mass is 32.1. The van der Waals surface area contributed by atoms with Crippen molar-refractivity contribution in [2.45, 2.75) is 6.92 Å². The van der Waals surface area contributed by atoms with E-state index in [9.17, 15) is 14.4 Å². The Hall–Kier alpha value is -2.47. The predicted octanol–water partition coefficient (Wildman–Crippen LogP) is 2.17. The van der Waals surface area contributed by atoms with Gasteiger partial charge in [0, 0.05) is 5.56 Å². The van der Waals surface area contributed by atoms with Crippen molar-refractivity contribution in [1.29, 1.82) is 0 Å². The lowest BCUT2D eigenvalue weighted by molar-refractivity contribution is -0.123. The molecule has 0 aliphatic carbocycles. The van der Waals surface area contributed by atoms with E-state index in [-0.39, 0.29) is 0 Å². The number of thiophene rings is 1. The molecule has 0 saturated carbocycles. The molecule has 2 aromatic rings. The van der Waals surface area contributed by atoms with E-state index in [0.29, 0.717) is 10.4 Å². The van der Waals surface area contributed by atoms with E-state index in [2.05, 4.69) is 5.32 Å². The maximum Gasteiger partial charge on any atom is 0.349 e. The second kappa shape index (κ2) is 6.81. The van der Waals surface area contributed by atoms with E-state index in [0.717, 1.165) is 5.56 Å². The fraction of sp³-hybridized carbons (Fsp3) is 0.133. The van der Waals surface area contributed by atoms with Gasteiger partial charge in [-0.15, -0.1) is 11.3 Å². The molecule has 0 unspecified atom stereocenters. The number of carbonyl (C=O) groups excluding carboxylic acids is 3. The highest BCUT2D eigenvalue weighted by molar-refractivity contribution is 7.12. The minimum Gasteiger partial charge on any atom is -0.451 e. The Balaban J connectivity index is 1.84. The first-order valence-corrected chi connectivity index (χ1v) is 7.06. The smallest absolute Gasteiger partial charge is 0.349 e. The molecule has 1 N–H and O–H groups in total. The van der Waals surface area contributed by atoms with E-state index in [1.165, 1.54) is 11.3 Å². The molecular weight excluding hydrogens is 290 g/mol. The van der Waals surface area contributed by atoms with Crippen molar-refractivity contribution in [3.05, 3.63) is 57.8 Å². The molecule has 0 aliphatic rings. The Morgan fingerprint density at radius 3 is 2.48 bits per heavy atom.